The largest absolute Gasteiger partial charge is 0.455 e. The van der Waals surface area contributed by atoms with Gasteiger partial charge in [0.2, 0.25) is 0 Å². The number of hydrogen-bond acceptors (Lipinski definition) is 5. The zero-order chi connectivity index (χ0) is 36.0. The van der Waals surface area contributed by atoms with Crippen LogP contribution >= 0.6 is 0 Å². The fourth-order valence-electron chi connectivity index (χ4n) is 8.59. The van der Waals surface area contributed by atoms with Gasteiger partial charge in [-0.1, -0.05) is 105 Å². The highest BCUT2D eigenvalue weighted by molar-refractivity contribution is 6.10. The van der Waals surface area contributed by atoms with Crippen LogP contribution in [0.15, 0.2) is 173 Å². The lowest BCUT2D eigenvalue weighted by molar-refractivity contribution is 0.660. The van der Waals surface area contributed by atoms with Gasteiger partial charge >= 0.3 is 0 Å². The van der Waals surface area contributed by atoms with Crippen LogP contribution in [-0.4, -0.2) is 9.97 Å². The average Bonchev–Trinajstić information content (AvgIpc) is 3.87. The smallest absolute Gasteiger partial charge is 0.146 e. The maximum atomic E-state index is 6.37. The van der Waals surface area contributed by atoms with Crippen LogP contribution in [0.3, 0.4) is 0 Å². The number of hydrogen-bond donors (Lipinski definition) is 0. The monoisotopic (exact) mass is 695 g/mol. The Morgan fingerprint density at radius 2 is 1.06 bits per heavy atom. The normalized spacial score (nSPS) is 13.1. The molecule has 0 spiro atoms. The molecule has 0 amide bonds. The molecule has 0 radical (unpaired) electrons. The second kappa shape index (κ2) is 11.5. The molecule has 4 heterocycles. The lowest BCUT2D eigenvalue weighted by Gasteiger charge is -2.27. The molecule has 54 heavy (non-hydrogen) atoms. The lowest BCUT2D eigenvalue weighted by atomic mass is 9.82. The van der Waals surface area contributed by atoms with Crippen molar-refractivity contribution in [1.29, 1.82) is 0 Å². The lowest BCUT2D eigenvalue weighted by Crippen LogP contribution is -2.15. The number of pyridine rings is 2. The number of aromatic nitrogens is 2. The molecule has 0 unspecified atom stereocenters. The van der Waals surface area contributed by atoms with Gasteiger partial charge in [-0.2, -0.15) is 0 Å². The summed E-state index contributed by atoms with van der Waals surface area (Å²) in [5, 5.41) is 4.18. The summed E-state index contributed by atoms with van der Waals surface area (Å²) in [5.74, 6) is 0. The molecule has 10 aromatic rings. The van der Waals surface area contributed by atoms with Crippen molar-refractivity contribution in [2.24, 2.45) is 0 Å². The van der Waals surface area contributed by atoms with Crippen LogP contribution in [0.2, 0.25) is 0 Å². The van der Waals surface area contributed by atoms with E-state index in [2.05, 4.69) is 144 Å². The van der Waals surface area contributed by atoms with Gasteiger partial charge in [0.1, 0.15) is 22.3 Å². The van der Waals surface area contributed by atoms with E-state index < -0.39 is 0 Å². The second-order valence-electron chi connectivity index (χ2n) is 14.6. The van der Waals surface area contributed by atoms with E-state index in [1.54, 1.807) is 6.20 Å². The quantitative estimate of drug-likeness (QED) is 0.179. The number of anilines is 3. The summed E-state index contributed by atoms with van der Waals surface area (Å²) in [6.45, 7) is 4.64. The van der Waals surface area contributed by atoms with Crippen LogP contribution in [-0.2, 0) is 5.41 Å². The van der Waals surface area contributed by atoms with Crippen molar-refractivity contribution in [1.82, 2.24) is 9.97 Å². The standard InChI is InChI=1S/C49H33N3O2/c1-49(2)43-12-5-3-8-36(43)39-26-34(22-23-44(39)49)52(32-18-14-30(15-19-32)35-10-7-11-38-41-28-50-25-24-46(41)54-47(35)38)33-20-16-31(17-21-33)40-27-51-29-42-37-9-4-6-13-45(37)53-48(40)42/h3-29H,1-2H3. The van der Waals surface area contributed by atoms with Crippen molar-refractivity contribution < 1.29 is 8.83 Å². The van der Waals surface area contributed by atoms with E-state index in [0.717, 1.165) is 83.2 Å². The summed E-state index contributed by atoms with van der Waals surface area (Å²) in [6, 6.07) is 49.6. The van der Waals surface area contributed by atoms with Gasteiger partial charge in [0, 0.05) is 79.9 Å². The Kier molecular flexibility index (Phi) is 6.53. The van der Waals surface area contributed by atoms with Crippen molar-refractivity contribution in [2.45, 2.75) is 19.3 Å². The van der Waals surface area contributed by atoms with Crippen LogP contribution < -0.4 is 4.90 Å². The number of para-hydroxylation sites is 2. The first kappa shape index (κ1) is 30.6. The number of rotatable bonds is 5. The first-order valence-corrected chi connectivity index (χ1v) is 18.3. The SMILES string of the molecule is CC1(C)c2ccccc2-c2cc(N(c3ccc(-c4cccc5c4oc4ccncc45)cc3)c3ccc(-c4cncc5c4oc4ccccc45)cc3)ccc21. The first-order chi connectivity index (χ1) is 26.5. The molecule has 5 nitrogen and oxygen atoms in total. The van der Waals surface area contributed by atoms with Crippen LogP contribution in [0, 0.1) is 0 Å². The molecule has 4 aromatic heterocycles. The van der Waals surface area contributed by atoms with Crippen molar-refractivity contribution in [3.8, 4) is 33.4 Å². The average molecular weight is 696 g/mol. The Bertz CT molecular complexity index is 2920. The summed E-state index contributed by atoms with van der Waals surface area (Å²) < 4.78 is 12.7. The number of benzene rings is 6. The van der Waals surface area contributed by atoms with Crippen LogP contribution in [0.4, 0.5) is 17.1 Å². The minimum Gasteiger partial charge on any atom is -0.455 e. The fraction of sp³-hybridized carbons (Fsp3) is 0.0612. The molecular weight excluding hydrogens is 663 g/mol. The summed E-state index contributed by atoms with van der Waals surface area (Å²) in [5.41, 5.74) is 16.0. The van der Waals surface area contributed by atoms with Crippen molar-refractivity contribution in [3.63, 3.8) is 0 Å². The van der Waals surface area contributed by atoms with Crippen molar-refractivity contribution >= 4 is 60.9 Å². The van der Waals surface area contributed by atoms with Gasteiger partial charge in [-0.05, 0) is 81.9 Å². The van der Waals surface area contributed by atoms with Crippen molar-refractivity contribution in [2.75, 3.05) is 4.90 Å². The molecule has 6 aromatic carbocycles. The summed E-state index contributed by atoms with van der Waals surface area (Å²) in [4.78, 5) is 11.3. The van der Waals surface area contributed by atoms with Crippen LogP contribution in [0.1, 0.15) is 25.0 Å². The van der Waals surface area contributed by atoms with E-state index in [1.165, 1.54) is 22.3 Å². The number of fused-ring (bicyclic) bond motifs is 9. The highest BCUT2D eigenvalue weighted by atomic mass is 16.3. The third kappa shape index (κ3) is 4.51. The third-order valence-electron chi connectivity index (χ3n) is 11.3. The Hall–Kier alpha value is -6.98. The van der Waals surface area contributed by atoms with Gasteiger partial charge in [-0.15, -0.1) is 0 Å². The summed E-state index contributed by atoms with van der Waals surface area (Å²) in [6.07, 6.45) is 7.44. The predicted molar refractivity (Wildman–Crippen MR) is 220 cm³/mol. The van der Waals surface area contributed by atoms with E-state index >= 15 is 0 Å². The molecule has 0 saturated heterocycles. The highest BCUT2D eigenvalue weighted by Crippen LogP contribution is 2.51. The molecule has 1 aliphatic carbocycles. The van der Waals surface area contributed by atoms with Gasteiger partial charge in [-0.25, -0.2) is 0 Å². The summed E-state index contributed by atoms with van der Waals surface area (Å²) >= 11 is 0. The van der Waals surface area contributed by atoms with E-state index in [4.69, 9.17) is 8.83 Å². The highest BCUT2D eigenvalue weighted by Gasteiger charge is 2.35. The molecule has 0 atom stereocenters. The van der Waals surface area contributed by atoms with Crippen molar-refractivity contribution in [3.05, 3.63) is 175 Å². The Labute approximate surface area is 311 Å². The molecule has 11 rings (SSSR count). The van der Waals surface area contributed by atoms with E-state index in [1.807, 2.05) is 42.9 Å². The molecule has 0 aliphatic heterocycles. The van der Waals surface area contributed by atoms with E-state index in [9.17, 15) is 0 Å². The van der Waals surface area contributed by atoms with E-state index in [0.29, 0.717) is 0 Å². The second-order valence-corrected chi connectivity index (χ2v) is 14.6. The minimum absolute atomic E-state index is 0.0714. The molecule has 0 bridgehead atoms. The molecule has 5 heteroatoms. The van der Waals surface area contributed by atoms with Gasteiger partial charge < -0.3 is 13.7 Å². The Morgan fingerprint density at radius 3 is 1.87 bits per heavy atom. The summed E-state index contributed by atoms with van der Waals surface area (Å²) in [7, 11) is 0. The fourth-order valence-corrected chi connectivity index (χ4v) is 8.59. The predicted octanol–water partition coefficient (Wildman–Crippen LogP) is 13.4. The molecule has 1 aliphatic rings. The first-order valence-electron chi connectivity index (χ1n) is 18.3. The van der Waals surface area contributed by atoms with Gasteiger partial charge in [0.25, 0.3) is 0 Å². The van der Waals surface area contributed by atoms with Crippen LogP contribution in [0.5, 0.6) is 0 Å². The number of nitrogens with zero attached hydrogens (tertiary/aromatic N) is 3. The molecule has 0 saturated carbocycles. The molecular formula is C49H33N3O2. The zero-order valence-corrected chi connectivity index (χ0v) is 29.7. The van der Waals surface area contributed by atoms with Gasteiger partial charge in [0.05, 0.1) is 0 Å². The van der Waals surface area contributed by atoms with Gasteiger partial charge in [-0.3, -0.25) is 9.97 Å². The molecule has 0 N–H and O–H groups in total. The maximum Gasteiger partial charge on any atom is 0.146 e. The zero-order valence-electron chi connectivity index (χ0n) is 29.7. The third-order valence-corrected chi connectivity index (χ3v) is 11.3. The topological polar surface area (TPSA) is 55.3 Å². The Balaban J connectivity index is 1.04. The molecule has 0 fully saturated rings. The van der Waals surface area contributed by atoms with Gasteiger partial charge in [0.15, 0.2) is 0 Å². The van der Waals surface area contributed by atoms with E-state index in [-0.39, 0.29) is 5.41 Å². The number of furan rings is 2. The Morgan fingerprint density at radius 1 is 0.444 bits per heavy atom. The molecule has 256 valence electrons. The van der Waals surface area contributed by atoms with Crippen LogP contribution in [0.25, 0.3) is 77.3 Å². The minimum atomic E-state index is -0.0714. The maximum absolute atomic E-state index is 6.37.